The Morgan fingerprint density at radius 1 is 1.12 bits per heavy atom. The van der Waals surface area contributed by atoms with Gasteiger partial charge in [0.25, 0.3) is 5.91 Å². The van der Waals surface area contributed by atoms with Crippen LogP contribution in [0.2, 0.25) is 0 Å². The van der Waals surface area contributed by atoms with Gasteiger partial charge in [0.05, 0.1) is 25.3 Å². The highest BCUT2D eigenvalue weighted by Crippen LogP contribution is 2.21. The molecule has 0 spiro atoms. The minimum absolute atomic E-state index is 0.00129. The molecule has 0 bridgehead atoms. The molecule has 1 aromatic carbocycles. The first kappa shape index (κ1) is 17.0. The van der Waals surface area contributed by atoms with Gasteiger partial charge in [0.1, 0.15) is 6.54 Å². The van der Waals surface area contributed by atoms with Crippen molar-refractivity contribution in [2.75, 3.05) is 37.7 Å². The molecule has 2 atom stereocenters. The summed E-state index contributed by atoms with van der Waals surface area (Å²) in [6.07, 6.45) is 2.40. The molecule has 4 rings (SSSR count). The molecule has 3 saturated heterocycles. The fraction of sp³-hybridized carbons (Fsp3) is 0.500. The smallest absolute Gasteiger partial charge is 0.329 e. The fourth-order valence-corrected chi connectivity index (χ4v) is 3.81. The SMILES string of the molecule is O=C1CN(c2ccc(C(=O)N[C@H]3COC[C@@H]3N3CCCC3)cc2)C(=O)N1. The molecule has 8 heteroatoms. The van der Waals surface area contributed by atoms with Crippen molar-refractivity contribution in [1.29, 1.82) is 0 Å². The Balaban J connectivity index is 1.40. The van der Waals surface area contributed by atoms with Crippen LogP contribution in [0.5, 0.6) is 0 Å². The number of carbonyl (C=O) groups excluding carboxylic acids is 3. The van der Waals surface area contributed by atoms with Gasteiger partial charge in [-0.05, 0) is 50.2 Å². The highest BCUT2D eigenvalue weighted by Gasteiger charge is 2.35. The average Bonchev–Trinajstić information content (AvgIpc) is 3.36. The third kappa shape index (κ3) is 3.30. The number of imide groups is 1. The van der Waals surface area contributed by atoms with Crippen molar-refractivity contribution in [3.8, 4) is 0 Å². The van der Waals surface area contributed by atoms with Crippen molar-refractivity contribution in [3.63, 3.8) is 0 Å². The van der Waals surface area contributed by atoms with E-state index in [1.165, 1.54) is 17.7 Å². The van der Waals surface area contributed by atoms with Crippen LogP contribution in [0.25, 0.3) is 0 Å². The summed E-state index contributed by atoms with van der Waals surface area (Å²) in [5, 5.41) is 5.31. The molecule has 138 valence electrons. The van der Waals surface area contributed by atoms with Crippen LogP contribution in [-0.4, -0.2) is 67.7 Å². The van der Waals surface area contributed by atoms with E-state index in [1.54, 1.807) is 24.3 Å². The minimum Gasteiger partial charge on any atom is -0.378 e. The summed E-state index contributed by atoms with van der Waals surface area (Å²) in [5.41, 5.74) is 1.11. The first-order chi connectivity index (χ1) is 12.6. The quantitative estimate of drug-likeness (QED) is 0.758. The van der Waals surface area contributed by atoms with Crippen LogP contribution in [0.1, 0.15) is 23.2 Å². The van der Waals surface area contributed by atoms with E-state index in [0.717, 1.165) is 13.1 Å². The average molecular weight is 358 g/mol. The Hall–Kier alpha value is -2.45. The van der Waals surface area contributed by atoms with Gasteiger partial charge >= 0.3 is 6.03 Å². The molecule has 1 aromatic rings. The number of likely N-dealkylation sites (tertiary alicyclic amines) is 1. The monoisotopic (exact) mass is 358 g/mol. The number of ether oxygens (including phenoxy) is 1. The zero-order valence-corrected chi connectivity index (χ0v) is 14.4. The second kappa shape index (κ2) is 7.05. The van der Waals surface area contributed by atoms with E-state index in [9.17, 15) is 14.4 Å². The third-order valence-corrected chi connectivity index (χ3v) is 5.21. The third-order valence-electron chi connectivity index (χ3n) is 5.21. The molecule has 0 aromatic heterocycles. The number of nitrogens with one attached hydrogen (secondary N) is 2. The van der Waals surface area contributed by atoms with Crippen LogP contribution < -0.4 is 15.5 Å². The van der Waals surface area contributed by atoms with Gasteiger partial charge < -0.3 is 10.1 Å². The van der Waals surface area contributed by atoms with Crippen LogP contribution in [0.4, 0.5) is 10.5 Å². The van der Waals surface area contributed by atoms with Crippen LogP contribution in [-0.2, 0) is 9.53 Å². The van der Waals surface area contributed by atoms with Crippen molar-refractivity contribution in [3.05, 3.63) is 29.8 Å². The van der Waals surface area contributed by atoms with Crippen LogP contribution in [0, 0.1) is 0 Å². The van der Waals surface area contributed by atoms with Crippen LogP contribution in [0.3, 0.4) is 0 Å². The molecule has 3 aliphatic heterocycles. The summed E-state index contributed by atoms with van der Waals surface area (Å²) in [6.45, 7) is 3.31. The maximum absolute atomic E-state index is 12.6. The molecular weight excluding hydrogens is 336 g/mol. The number of amides is 4. The second-order valence-electron chi connectivity index (χ2n) is 6.91. The first-order valence-electron chi connectivity index (χ1n) is 8.96. The highest BCUT2D eigenvalue weighted by atomic mass is 16.5. The number of hydrogen-bond acceptors (Lipinski definition) is 5. The number of carbonyl (C=O) groups is 3. The fourth-order valence-electron chi connectivity index (χ4n) is 3.81. The predicted molar refractivity (Wildman–Crippen MR) is 94.0 cm³/mol. The molecule has 26 heavy (non-hydrogen) atoms. The van der Waals surface area contributed by atoms with Gasteiger partial charge in [0.2, 0.25) is 5.91 Å². The predicted octanol–water partition coefficient (Wildman–Crippen LogP) is 0.336. The zero-order valence-electron chi connectivity index (χ0n) is 14.4. The van der Waals surface area contributed by atoms with E-state index < -0.39 is 6.03 Å². The molecule has 3 aliphatic rings. The minimum atomic E-state index is -0.441. The van der Waals surface area contributed by atoms with Crippen molar-refractivity contribution < 1.29 is 19.1 Å². The number of benzene rings is 1. The lowest BCUT2D eigenvalue weighted by Gasteiger charge is -2.28. The first-order valence-corrected chi connectivity index (χ1v) is 8.96. The molecular formula is C18H22N4O4. The summed E-state index contributed by atoms with van der Waals surface area (Å²) < 4.78 is 5.59. The zero-order chi connectivity index (χ0) is 18.1. The molecule has 0 aliphatic carbocycles. The van der Waals surface area contributed by atoms with Crippen molar-refractivity contribution in [1.82, 2.24) is 15.5 Å². The summed E-state index contributed by atoms with van der Waals surface area (Å²) in [6, 6.07) is 6.47. The van der Waals surface area contributed by atoms with Crippen LogP contribution in [0.15, 0.2) is 24.3 Å². The maximum atomic E-state index is 12.6. The number of nitrogens with zero attached hydrogens (tertiary/aromatic N) is 2. The van der Waals surface area contributed by atoms with Gasteiger partial charge in [-0.3, -0.25) is 24.7 Å². The van der Waals surface area contributed by atoms with E-state index >= 15 is 0 Å². The molecule has 3 heterocycles. The number of urea groups is 1. The highest BCUT2D eigenvalue weighted by molar-refractivity contribution is 6.12. The van der Waals surface area contributed by atoms with E-state index in [2.05, 4.69) is 15.5 Å². The second-order valence-corrected chi connectivity index (χ2v) is 6.91. The Labute approximate surface area is 151 Å². The van der Waals surface area contributed by atoms with Gasteiger partial charge in [-0.25, -0.2) is 4.79 Å². The Morgan fingerprint density at radius 3 is 2.50 bits per heavy atom. The Morgan fingerprint density at radius 2 is 1.85 bits per heavy atom. The molecule has 8 nitrogen and oxygen atoms in total. The van der Waals surface area contributed by atoms with Crippen molar-refractivity contribution in [2.45, 2.75) is 24.9 Å². The van der Waals surface area contributed by atoms with Gasteiger partial charge in [-0.15, -0.1) is 0 Å². The lowest BCUT2D eigenvalue weighted by atomic mass is 10.1. The van der Waals surface area contributed by atoms with E-state index in [1.807, 2.05) is 0 Å². The number of hydrogen-bond donors (Lipinski definition) is 2. The lowest BCUT2D eigenvalue weighted by Crippen LogP contribution is -2.50. The summed E-state index contributed by atoms with van der Waals surface area (Å²) in [7, 11) is 0. The Bertz CT molecular complexity index is 714. The molecule has 3 fully saturated rings. The van der Waals surface area contributed by atoms with Gasteiger partial charge in [-0.1, -0.05) is 0 Å². The van der Waals surface area contributed by atoms with Gasteiger partial charge in [0.15, 0.2) is 0 Å². The van der Waals surface area contributed by atoms with Gasteiger partial charge in [0, 0.05) is 11.3 Å². The van der Waals surface area contributed by atoms with E-state index in [4.69, 9.17) is 4.74 Å². The largest absolute Gasteiger partial charge is 0.378 e. The van der Waals surface area contributed by atoms with Crippen LogP contribution >= 0.6 is 0 Å². The molecule has 0 unspecified atom stereocenters. The summed E-state index contributed by atoms with van der Waals surface area (Å²) in [4.78, 5) is 39.3. The molecule has 4 amide bonds. The van der Waals surface area contributed by atoms with E-state index in [0.29, 0.717) is 24.5 Å². The van der Waals surface area contributed by atoms with Crippen molar-refractivity contribution >= 4 is 23.5 Å². The van der Waals surface area contributed by atoms with Crippen molar-refractivity contribution in [2.24, 2.45) is 0 Å². The topological polar surface area (TPSA) is 91.0 Å². The summed E-state index contributed by atoms with van der Waals surface area (Å²) >= 11 is 0. The lowest BCUT2D eigenvalue weighted by molar-refractivity contribution is -0.117. The molecule has 0 saturated carbocycles. The number of rotatable bonds is 4. The van der Waals surface area contributed by atoms with E-state index in [-0.39, 0.29) is 30.4 Å². The molecule has 2 N–H and O–H groups in total. The number of anilines is 1. The normalized spacial score (nSPS) is 26.4. The summed E-state index contributed by atoms with van der Waals surface area (Å²) in [5.74, 6) is -0.482. The van der Waals surface area contributed by atoms with Gasteiger partial charge in [-0.2, -0.15) is 0 Å². The standard InChI is InChI=1S/C18H22N4O4/c23-16-9-22(18(25)20-16)13-5-3-12(4-6-13)17(24)19-14-10-26-11-15(14)21-7-1-2-8-21/h3-6,14-15H,1-2,7-11H2,(H,19,24)(H,20,23,25)/t14-,15-/m0/s1. The Kier molecular flexibility index (Phi) is 4.60. The maximum Gasteiger partial charge on any atom is 0.329 e. The molecule has 0 radical (unpaired) electrons.